The highest BCUT2D eigenvalue weighted by atomic mass is 16.5. The zero-order chi connectivity index (χ0) is 19.5. The molecule has 8 nitrogen and oxygen atoms in total. The number of ether oxygens (including phenoxy) is 1. The smallest absolute Gasteiger partial charge is 0.326 e. The number of benzene rings is 1. The quantitative estimate of drug-likeness (QED) is 0.590. The number of nitrogens with zero attached hydrogens (tertiary/aromatic N) is 1. The molecule has 1 aromatic carbocycles. The maximum Gasteiger partial charge on any atom is 0.326 e. The number of aryl methyl sites for hydroxylation is 2. The predicted molar refractivity (Wildman–Crippen MR) is 94.4 cm³/mol. The minimum absolute atomic E-state index is 0.404. The van der Waals surface area contributed by atoms with Gasteiger partial charge in [-0.05, 0) is 44.4 Å². The van der Waals surface area contributed by atoms with Gasteiger partial charge in [-0.15, -0.1) is 0 Å². The summed E-state index contributed by atoms with van der Waals surface area (Å²) < 4.78 is 4.88. The first-order chi connectivity index (χ1) is 12.2. The van der Waals surface area contributed by atoms with Crippen molar-refractivity contribution in [1.29, 1.82) is 0 Å². The second kappa shape index (κ2) is 7.55. The van der Waals surface area contributed by atoms with Crippen LogP contribution in [0.25, 0.3) is 0 Å². The van der Waals surface area contributed by atoms with Crippen LogP contribution in [-0.2, 0) is 19.1 Å². The van der Waals surface area contributed by atoms with Crippen molar-refractivity contribution in [3.05, 3.63) is 29.3 Å². The second-order valence-electron chi connectivity index (χ2n) is 6.53. The number of imide groups is 1. The fourth-order valence-corrected chi connectivity index (χ4v) is 2.51. The summed E-state index contributed by atoms with van der Waals surface area (Å²) >= 11 is 0. The number of carbonyl (C=O) groups excluding carboxylic acids is 4. The van der Waals surface area contributed by atoms with E-state index in [0.29, 0.717) is 12.1 Å². The van der Waals surface area contributed by atoms with Crippen LogP contribution in [0.15, 0.2) is 18.2 Å². The summed E-state index contributed by atoms with van der Waals surface area (Å²) in [5.74, 6) is -1.81. The highest BCUT2D eigenvalue weighted by Gasteiger charge is 2.47. The first-order valence-corrected chi connectivity index (χ1v) is 8.33. The Morgan fingerprint density at radius 3 is 2.58 bits per heavy atom. The molecular formula is C18H23N3O5. The standard InChI is InChI=1S/C18H23N3O5/c1-5-18(4)16(24)21(17(25)20-18)9-15(23)26-10-14(22)19-13-8-11(2)6-7-12(13)3/h6-8H,5,9-10H2,1-4H3,(H,19,22)(H,20,25)/t18-/m1/s1. The number of anilines is 1. The minimum Gasteiger partial charge on any atom is -0.454 e. The third-order valence-corrected chi connectivity index (χ3v) is 4.37. The number of rotatable bonds is 6. The lowest BCUT2D eigenvalue weighted by molar-refractivity contribution is -0.150. The SMILES string of the molecule is CC[C@@]1(C)NC(=O)N(CC(=O)OCC(=O)Nc2cc(C)ccc2C)C1=O. The summed E-state index contributed by atoms with van der Waals surface area (Å²) in [6.45, 7) is 6.08. The van der Waals surface area contributed by atoms with Crippen molar-refractivity contribution in [2.24, 2.45) is 0 Å². The molecule has 1 aliphatic rings. The zero-order valence-electron chi connectivity index (χ0n) is 15.3. The van der Waals surface area contributed by atoms with Gasteiger partial charge in [-0.3, -0.25) is 19.3 Å². The van der Waals surface area contributed by atoms with Gasteiger partial charge in [0.25, 0.3) is 11.8 Å². The molecule has 1 heterocycles. The number of urea groups is 1. The Kier molecular flexibility index (Phi) is 5.64. The van der Waals surface area contributed by atoms with E-state index in [1.54, 1.807) is 13.8 Å². The van der Waals surface area contributed by atoms with Crippen molar-refractivity contribution >= 4 is 29.5 Å². The van der Waals surface area contributed by atoms with Gasteiger partial charge in [-0.2, -0.15) is 0 Å². The summed E-state index contributed by atoms with van der Waals surface area (Å²) in [4.78, 5) is 48.7. The lowest BCUT2D eigenvalue weighted by Crippen LogP contribution is -2.43. The van der Waals surface area contributed by atoms with E-state index in [-0.39, 0.29) is 0 Å². The molecular weight excluding hydrogens is 338 g/mol. The van der Waals surface area contributed by atoms with Crippen LogP contribution >= 0.6 is 0 Å². The Labute approximate surface area is 151 Å². The molecule has 0 aromatic heterocycles. The first kappa shape index (κ1) is 19.4. The van der Waals surface area contributed by atoms with Crippen molar-refractivity contribution < 1.29 is 23.9 Å². The highest BCUT2D eigenvalue weighted by molar-refractivity contribution is 6.08. The lowest BCUT2D eigenvalue weighted by atomic mass is 9.99. The molecule has 2 N–H and O–H groups in total. The van der Waals surface area contributed by atoms with E-state index in [1.807, 2.05) is 32.0 Å². The number of hydrogen-bond donors (Lipinski definition) is 2. The fraction of sp³-hybridized carbons (Fsp3) is 0.444. The summed E-state index contributed by atoms with van der Waals surface area (Å²) in [5.41, 5.74) is 1.49. The van der Waals surface area contributed by atoms with E-state index >= 15 is 0 Å². The maximum absolute atomic E-state index is 12.2. The highest BCUT2D eigenvalue weighted by Crippen LogP contribution is 2.20. The lowest BCUT2D eigenvalue weighted by Gasteiger charge is -2.18. The van der Waals surface area contributed by atoms with Crippen LogP contribution in [-0.4, -0.2) is 47.4 Å². The molecule has 0 unspecified atom stereocenters. The molecule has 0 bridgehead atoms. The molecule has 1 atom stereocenters. The number of esters is 1. The molecule has 2 rings (SSSR count). The average molecular weight is 361 g/mol. The van der Waals surface area contributed by atoms with Gasteiger partial charge < -0.3 is 15.4 Å². The maximum atomic E-state index is 12.2. The van der Waals surface area contributed by atoms with E-state index in [4.69, 9.17) is 4.74 Å². The number of carbonyl (C=O) groups is 4. The molecule has 26 heavy (non-hydrogen) atoms. The van der Waals surface area contributed by atoms with Gasteiger partial charge >= 0.3 is 12.0 Å². The Hall–Kier alpha value is -2.90. The van der Waals surface area contributed by atoms with Crippen LogP contribution in [0.2, 0.25) is 0 Å². The topological polar surface area (TPSA) is 105 Å². The summed E-state index contributed by atoms with van der Waals surface area (Å²) in [7, 11) is 0. The van der Waals surface area contributed by atoms with Gasteiger partial charge in [0, 0.05) is 5.69 Å². The third-order valence-electron chi connectivity index (χ3n) is 4.37. The van der Waals surface area contributed by atoms with Gasteiger partial charge in [0.1, 0.15) is 12.1 Å². The molecule has 1 saturated heterocycles. The second-order valence-corrected chi connectivity index (χ2v) is 6.53. The molecule has 0 spiro atoms. The van der Waals surface area contributed by atoms with Crippen molar-refractivity contribution in [2.45, 2.75) is 39.7 Å². The van der Waals surface area contributed by atoms with Crippen molar-refractivity contribution in [1.82, 2.24) is 10.2 Å². The van der Waals surface area contributed by atoms with Crippen LogP contribution in [0.4, 0.5) is 10.5 Å². The zero-order valence-corrected chi connectivity index (χ0v) is 15.3. The van der Waals surface area contributed by atoms with E-state index in [2.05, 4.69) is 10.6 Å². The van der Waals surface area contributed by atoms with Gasteiger partial charge in [-0.1, -0.05) is 19.1 Å². The number of nitrogens with one attached hydrogen (secondary N) is 2. The summed E-state index contributed by atoms with van der Waals surface area (Å²) in [5, 5.41) is 5.21. The molecule has 140 valence electrons. The molecule has 4 amide bonds. The van der Waals surface area contributed by atoms with Crippen LogP contribution in [0.3, 0.4) is 0 Å². The Balaban J connectivity index is 1.87. The Morgan fingerprint density at radius 1 is 1.27 bits per heavy atom. The Bertz CT molecular complexity index is 761. The molecule has 1 fully saturated rings. The van der Waals surface area contributed by atoms with Gasteiger partial charge in [0.15, 0.2) is 6.61 Å². The molecule has 0 radical (unpaired) electrons. The van der Waals surface area contributed by atoms with Crippen LogP contribution < -0.4 is 10.6 Å². The largest absolute Gasteiger partial charge is 0.454 e. The molecule has 0 aliphatic carbocycles. The number of amides is 4. The normalized spacial score (nSPS) is 19.3. The number of hydrogen-bond acceptors (Lipinski definition) is 5. The van der Waals surface area contributed by atoms with E-state index in [0.717, 1.165) is 16.0 Å². The predicted octanol–water partition coefficient (Wildman–Crippen LogP) is 1.51. The van der Waals surface area contributed by atoms with Crippen LogP contribution in [0, 0.1) is 13.8 Å². The van der Waals surface area contributed by atoms with E-state index < -0.39 is 42.5 Å². The van der Waals surface area contributed by atoms with E-state index in [1.165, 1.54) is 0 Å². The fourth-order valence-electron chi connectivity index (χ4n) is 2.51. The molecule has 1 aromatic rings. The molecule has 8 heteroatoms. The van der Waals surface area contributed by atoms with Crippen LogP contribution in [0.5, 0.6) is 0 Å². The first-order valence-electron chi connectivity index (χ1n) is 8.33. The molecule has 0 saturated carbocycles. The average Bonchev–Trinajstić information content (AvgIpc) is 2.80. The van der Waals surface area contributed by atoms with Gasteiger partial charge in [0.2, 0.25) is 0 Å². The van der Waals surface area contributed by atoms with Crippen molar-refractivity contribution in [3.8, 4) is 0 Å². The summed E-state index contributed by atoms with van der Waals surface area (Å²) in [6, 6.07) is 4.97. The van der Waals surface area contributed by atoms with Gasteiger partial charge in [0.05, 0.1) is 0 Å². The third kappa shape index (κ3) is 4.19. The summed E-state index contributed by atoms with van der Waals surface area (Å²) in [6.07, 6.45) is 0.404. The van der Waals surface area contributed by atoms with Crippen molar-refractivity contribution in [3.63, 3.8) is 0 Å². The van der Waals surface area contributed by atoms with Gasteiger partial charge in [-0.25, -0.2) is 4.79 Å². The Morgan fingerprint density at radius 2 is 1.96 bits per heavy atom. The molecule has 1 aliphatic heterocycles. The monoisotopic (exact) mass is 361 g/mol. The van der Waals surface area contributed by atoms with E-state index in [9.17, 15) is 19.2 Å². The minimum atomic E-state index is -1.02. The van der Waals surface area contributed by atoms with Crippen LogP contribution in [0.1, 0.15) is 31.4 Å². The van der Waals surface area contributed by atoms with Crippen molar-refractivity contribution in [2.75, 3.05) is 18.5 Å².